The SMILES string of the molecule is CCN(c1cccc(F)c1[C@H](C)N)C1CC1. The van der Waals surface area contributed by atoms with Crippen LogP contribution in [0.1, 0.15) is 38.3 Å². The highest BCUT2D eigenvalue weighted by atomic mass is 19.1. The molecule has 1 aromatic rings. The van der Waals surface area contributed by atoms with Crippen LogP contribution in [-0.4, -0.2) is 12.6 Å². The summed E-state index contributed by atoms with van der Waals surface area (Å²) in [5, 5.41) is 0. The zero-order chi connectivity index (χ0) is 11.7. The molecular weight excluding hydrogens is 203 g/mol. The van der Waals surface area contributed by atoms with E-state index in [1.54, 1.807) is 6.07 Å². The molecule has 2 rings (SSSR count). The van der Waals surface area contributed by atoms with Crippen molar-refractivity contribution in [2.24, 2.45) is 5.73 Å². The Morgan fingerprint density at radius 1 is 1.50 bits per heavy atom. The Labute approximate surface area is 96.2 Å². The van der Waals surface area contributed by atoms with Crippen molar-refractivity contribution < 1.29 is 4.39 Å². The van der Waals surface area contributed by atoms with Gasteiger partial charge in [-0.2, -0.15) is 0 Å². The van der Waals surface area contributed by atoms with E-state index in [2.05, 4.69) is 11.8 Å². The van der Waals surface area contributed by atoms with E-state index in [9.17, 15) is 4.39 Å². The lowest BCUT2D eigenvalue weighted by Crippen LogP contribution is -2.27. The second-order valence-corrected chi connectivity index (χ2v) is 4.48. The highest BCUT2D eigenvalue weighted by Crippen LogP contribution is 2.35. The number of nitrogens with zero attached hydrogens (tertiary/aromatic N) is 1. The third kappa shape index (κ3) is 2.05. The zero-order valence-corrected chi connectivity index (χ0v) is 9.91. The lowest BCUT2D eigenvalue weighted by molar-refractivity contribution is 0.591. The molecule has 0 bridgehead atoms. The number of rotatable bonds is 4. The van der Waals surface area contributed by atoms with Gasteiger partial charge in [-0.05, 0) is 38.8 Å². The minimum Gasteiger partial charge on any atom is -0.368 e. The Bertz CT molecular complexity index is 372. The summed E-state index contributed by atoms with van der Waals surface area (Å²) in [6.07, 6.45) is 2.42. The van der Waals surface area contributed by atoms with Gasteiger partial charge in [0.25, 0.3) is 0 Å². The molecular formula is C13H19FN2. The normalized spacial score (nSPS) is 17.2. The molecule has 0 amide bonds. The van der Waals surface area contributed by atoms with Crippen LogP contribution in [0.3, 0.4) is 0 Å². The third-order valence-corrected chi connectivity index (χ3v) is 3.12. The minimum atomic E-state index is -0.260. The first kappa shape index (κ1) is 11.4. The molecule has 2 nitrogen and oxygen atoms in total. The average Bonchev–Trinajstić information content (AvgIpc) is 3.02. The molecule has 16 heavy (non-hydrogen) atoms. The predicted octanol–water partition coefficient (Wildman–Crippen LogP) is 2.83. The molecule has 0 unspecified atom stereocenters. The summed E-state index contributed by atoms with van der Waals surface area (Å²) in [6, 6.07) is 5.56. The van der Waals surface area contributed by atoms with Gasteiger partial charge in [0.1, 0.15) is 5.82 Å². The van der Waals surface area contributed by atoms with Crippen LogP contribution in [-0.2, 0) is 0 Å². The molecule has 0 heterocycles. The van der Waals surface area contributed by atoms with E-state index in [4.69, 9.17) is 5.73 Å². The first-order valence-corrected chi connectivity index (χ1v) is 5.95. The monoisotopic (exact) mass is 222 g/mol. The zero-order valence-electron chi connectivity index (χ0n) is 9.91. The molecule has 0 saturated heterocycles. The Morgan fingerprint density at radius 3 is 2.69 bits per heavy atom. The molecule has 1 aromatic carbocycles. The van der Waals surface area contributed by atoms with Crippen molar-refractivity contribution >= 4 is 5.69 Å². The van der Waals surface area contributed by atoms with Crippen LogP contribution in [0, 0.1) is 5.82 Å². The van der Waals surface area contributed by atoms with Crippen LogP contribution in [0.5, 0.6) is 0 Å². The van der Waals surface area contributed by atoms with Crippen LogP contribution in [0.25, 0.3) is 0 Å². The Morgan fingerprint density at radius 2 is 2.19 bits per heavy atom. The highest BCUT2D eigenvalue weighted by Gasteiger charge is 2.30. The smallest absolute Gasteiger partial charge is 0.130 e. The van der Waals surface area contributed by atoms with Gasteiger partial charge in [0.05, 0.1) is 0 Å². The summed E-state index contributed by atoms with van der Waals surface area (Å²) < 4.78 is 13.8. The van der Waals surface area contributed by atoms with Gasteiger partial charge >= 0.3 is 0 Å². The molecule has 0 spiro atoms. The van der Waals surface area contributed by atoms with Gasteiger partial charge in [-0.3, -0.25) is 0 Å². The van der Waals surface area contributed by atoms with Crippen LogP contribution in [0.4, 0.5) is 10.1 Å². The first-order chi connectivity index (χ1) is 7.65. The molecule has 0 aliphatic heterocycles. The van der Waals surface area contributed by atoms with Crippen molar-refractivity contribution in [2.45, 2.75) is 38.8 Å². The van der Waals surface area contributed by atoms with E-state index in [1.165, 1.54) is 18.9 Å². The molecule has 2 N–H and O–H groups in total. The Kier molecular flexibility index (Phi) is 3.15. The largest absolute Gasteiger partial charge is 0.368 e. The van der Waals surface area contributed by atoms with Gasteiger partial charge in [-0.15, -0.1) is 0 Å². The summed E-state index contributed by atoms with van der Waals surface area (Å²) in [4.78, 5) is 2.27. The molecule has 1 atom stereocenters. The summed E-state index contributed by atoms with van der Waals surface area (Å²) in [7, 11) is 0. The number of nitrogens with two attached hydrogens (primary N) is 1. The maximum atomic E-state index is 13.8. The number of anilines is 1. The maximum absolute atomic E-state index is 13.8. The minimum absolute atomic E-state index is 0.188. The van der Waals surface area contributed by atoms with E-state index in [0.29, 0.717) is 11.6 Å². The molecule has 0 radical (unpaired) electrons. The van der Waals surface area contributed by atoms with Gasteiger partial charge in [-0.25, -0.2) is 4.39 Å². The van der Waals surface area contributed by atoms with E-state index >= 15 is 0 Å². The van der Waals surface area contributed by atoms with Crippen LogP contribution >= 0.6 is 0 Å². The number of hydrogen-bond acceptors (Lipinski definition) is 2. The molecule has 0 aromatic heterocycles. The molecule has 1 saturated carbocycles. The van der Waals surface area contributed by atoms with Gasteiger partial charge in [0.2, 0.25) is 0 Å². The summed E-state index contributed by atoms with van der Waals surface area (Å²) in [6.45, 7) is 4.85. The topological polar surface area (TPSA) is 29.3 Å². The molecule has 88 valence electrons. The van der Waals surface area contributed by atoms with E-state index in [1.807, 2.05) is 13.0 Å². The van der Waals surface area contributed by atoms with E-state index in [0.717, 1.165) is 12.2 Å². The average molecular weight is 222 g/mol. The van der Waals surface area contributed by atoms with Crippen molar-refractivity contribution in [2.75, 3.05) is 11.4 Å². The predicted molar refractivity (Wildman–Crippen MR) is 65.0 cm³/mol. The lowest BCUT2D eigenvalue weighted by atomic mass is 10.0. The van der Waals surface area contributed by atoms with Crippen LogP contribution in [0.2, 0.25) is 0 Å². The fourth-order valence-electron chi connectivity index (χ4n) is 2.24. The number of benzene rings is 1. The lowest BCUT2D eigenvalue weighted by Gasteiger charge is -2.27. The van der Waals surface area contributed by atoms with Gasteiger partial charge in [-0.1, -0.05) is 6.07 Å². The molecule has 1 aliphatic rings. The molecule has 1 fully saturated rings. The third-order valence-electron chi connectivity index (χ3n) is 3.12. The summed E-state index contributed by atoms with van der Waals surface area (Å²) in [5.74, 6) is -0.188. The summed E-state index contributed by atoms with van der Waals surface area (Å²) in [5.41, 5.74) is 7.48. The first-order valence-electron chi connectivity index (χ1n) is 5.95. The molecule has 1 aliphatic carbocycles. The fraction of sp³-hybridized carbons (Fsp3) is 0.538. The van der Waals surface area contributed by atoms with Gasteiger partial charge in [0, 0.05) is 29.9 Å². The molecule has 3 heteroatoms. The van der Waals surface area contributed by atoms with Crippen molar-refractivity contribution in [3.05, 3.63) is 29.6 Å². The summed E-state index contributed by atoms with van der Waals surface area (Å²) >= 11 is 0. The van der Waals surface area contributed by atoms with E-state index in [-0.39, 0.29) is 11.9 Å². The van der Waals surface area contributed by atoms with Gasteiger partial charge in [0.15, 0.2) is 0 Å². The van der Waals surface area contributed by atoms with Crippen LogP contribution < -0.4 is 10.6 Å². The van der Waals surface area contributed by atoms with Gasteiger partial charge < -0.3 is 10.6 Å². The quantitative estimate of drug-likeness (QED) is 0.848. The van der Waals surface area contributed by atoms with Crippen molar-refractivity contribution in [1.82, 2.24) is 0 Å². The van der Waals surface area contributed by atoms with Crippen LogP contribution in [0.15, 0.2) is 18.2 Å². The second-order valence-electron chi connectivity index (χ2n) is 4.48. The van der Waals surface area contributed by atoms with E-state index < -0.39 is 0 Å². The van der Waals surface area contributed by atoms with Crippen molar-refractivity contribution in [1.29, 1.82) is 0 Å². The highest BCUT2D eigenvalue weighted by molar-refractivity contribution is 5.57. The maximum Gasteiger partial charge on any atom is 0.130 e. The number of hydrogen-bond donors (Lipinski definition) is 1. The van der Waals surface area contributed by atoms with Crippen molar-refractivity contribution in [3.63, 3.8) is 0 Å². The number of halogens is 1. The Hall–Kier alpha value is -1.09. The fourth-order valence-corrected chi connectivity index (χ4v) is 2.24. The van der Waals surface area contributed by atoms with Crippen molar-refractivity contribution in [3.8, 4) is 0 Å². The standard InChI is InChI=1S/C13H19FN2/c1-3-16(10-7-8-10)12-6-4-5-11(14)13(12)9(2)15/h4-6,9-10H,3,7-8,15H2,1-2H3/t9-/m0/s1. The second kappa shape index (κ2) is 4.42. The Balaban J connectivity index is 2.41.